The third-order valence-electron chi connectivity index (χ3n) is 5.47. The van der Waals surface area contributed by atoms with Gasteiger partial charge in [0, 0.05) is 28.7 Å². The molecule has 0 spiro atoms. The van der Waals surface area contributed by atoms with Crippen LogP contribution in [0.4, 0.5) is 0 Å². The normalized spacial score (nSPS) is 24.7. The highest BCUT2D eigenvalue weighted by atomic mass is 32.2. The number of thioether (sulfide) groups is 1. The average Bonchev–Trinajstić information content (AvgIpc) is 2.87. The van der Waals surface area contributed by atoms with Crippen LogP contribution in [-0.4, -0.2) is 39.8 Å². The maximum atomic E-state index is 12.3. The second-order valence-electron chi connectivity index (χ2n) is 7.72. The van der Waals surface area contributed by atoms with Gasteiger partial charge in [-0.1, -0.05) is 12.5 Å². The number of carboxylic acid groups (broad SMARTS) is 1. The number of aromatic nitrogens is 1. The Kier molecular flexibility index (Phi) is 5.95. The molecule has 3 heterocycles. The molecule has 2 aliphatic heterocycles. The Balaban J connectivity index is 1.74. The van der Waals surface area contributed by atoms with Crippen LogP contribution in [0.15, 0.2) is 52.3 Å². The number of hydrogen-bond acceptors (Lipinski definition) is 5. The number of β-lactam (4-membered cyclic amide) rings is 1. The molecule has 6 nitrogen and oxygen atoms in total. The van der Waals surface area contributed by atoms with E-state index in [2.05, 4.69) is 24.5 Å². The van der Waals surface area contributed by atoms with Crippen molar-refractivity contribution in [2.75, 3.05) is 5.75 Å². The van der Waals surface area contributed by atoms with Crippen LogP contribution in [0, 0.1) is 11.8 Å². The van der Waals surface area contributed by atoms with Gasteiger partial charge in [0.05, 0.1) is 29.7 Å². The lowest BCUT2D eigenvalue weighted by Gasteiger charge is -2.47. The molecule has 7 heteroatoms. The quantitative estimate of drug-likeness (QED) is 0.317. The standard InChI is InChI=1S/C21H26N2O4S/c1-12(2)5-8-22-9-6-15(7-10-22)28-11-16-13(3)18-17(14(4)24)20(25)23(18)19(16)21(26)27/h5-7,9-10,13-14,17-18,24H,8,11H2,1-4H3/t13-,14+,17+,18+/m0/s1. The van der Waals surface area contributed by atoms with Gasteiger partial charge in [0.1, 0.15) is 0 Å². The highest BCUT2D eigenvalue weighted by Crippen LogP contribution is 2.47. The second-order valence-corrected chi connectivity index (χ2v) is 8.76. The van der Waals surface area contributed by atoms with E-state index >= 15 is 0 Å². The molecule has 1 amide bonds. The van der Waals surface area contributed by atoms with Crippen molar-refractivity contribution >= 4 is 23.6 Å². The van der Waals surface area contributed by atoms with Crippen molar-refractivity contribution in [3.8, 4) is 0 Å². The zero-order chi connectivity index (χ0) is 20.6. The zero-order valence-corrected chi connectivity index (χ0v) is 17.4. The molecule has 0 unspecified atom stereocenters. The van der Waals surface area contributed by atoms with Crippen LogP contribution in [0.25, 0.3) is 0 Å². The fourth-order valence-corrected chi connectivity index (χ4v) is 4.97. The van der Waals surface area contributed by atoms with E-state index in [1.54, 1.807) is 18.7 Å². The highest BCUT2D eigenvalue weighted by Gasteiger charge is 2.58. The smallest absolute Gasteiger partial charge is 0.235 e. The first kappa shape index (κ1) is 20.6. The first-order valence-electron chi connectivity index (χ1n) is 9.43. The van der Waals surface area contributed by atoms with Crippen molar-refractivity contribution in [2.45, 2.75) is 51.3 Å². The minimum absolute atomic E-state index is 0.0125. The van der Waals surface area contributed by atoms with E-state index in [-0.39, 0.29) is 23.6 Å². The molecular weight excluding hydrogens is 376 g/mol. The Hall–Kier alpha value is -2.12. The third kappa shape index (κ3) is 3.73. The average molecular weight is 403 g/mol. The number of carbonyl (C=O) groups is 2. The van der Waals surface area contributed by atoms with E-state index < -0.39 is 18.0 Å². The molecule has 0 aliphatic carbocycles. The van der Waals surface area contributed by atoms with Crippen LogP contribution in [0.1, 0.15) is 27.7 Å². The molecule has 0 bridgehead atoms. The van der Waals surface area contributed by atoms with E-state index in [0.717, 1.165) is 11.4 Å². The SMILES string of the molecule is CC(C)=CC[n+]1ccc(SCC2=C(C(=O)[O-])N3C(=O)[C@H]([C@@H](C)O)[C@H]3[C@H]2C)cc1. The molecule has 0 aromatic carbocycles. The number of aliphatic hydroxyl groups excluding tert-OH is 1. The van der Waals surface area contributed by atoms with Gasteiger partial charge >= 0.3 is 0 Å². The topological polar surface area (TPSA) is 84.5 Å². The maximum Gasteiger partial charge on any atom is 0.235 e. The Morgan fingerprint density at radius 2 is 2.04 bits per heavy atom. The summed E-state index contributed by atoms with van der Waals surface area (Å²) >= 11 is 1.54. The second kappa shape index (κ2) is 8.09. The number of pyridine rings is 1. The molecule has 150 valence electrons. The summed E-state index contributed by atoms with van der Waals surface area (Å²) in [5.74, 6) is -1.85. The molecule has 4 atom stereocenters. The lowest BCUT2D eigenvalue weighted by Crippen LogP contribution is -2.64. The Morgan fingerprint density at radius 3 is 2.57 bits per heavy atom. The maximum absolute atomic E-state index is 12.3. The van der Waals surface area contributed by atoms with Crippen LogP contribution in [-0.2, 0) is 16.1 Å². The monoisotopic (exact) mass is 402 g/mol. The van der Waals surface area contributed by atoms with E-state index in [0.29, 0.717) is 11.3 Å². The number of allylic oxidation sites excluding steroid dienone is 2. The van der Waals surface area contributed by atoms with Gasteiger partial charge in [-0.15, -0.1) is 11.8 Å². The fraction of sp³-hybridized carbons (Fsp3) is 0.476. The van der Waals surface area contributed by atoms with Crippen LogP contribution in [0.2, 0.25) is 0 Å². The lowest BCUT2D eigenvalue weighted by molar-refractivity contribution is -0.687. The first-order chi connectivity index (χ1) is 13.2. The van der Waals surface area contributed by atoms with Crippen LogP contribution >= 0.6 is 11.8 Å². The highest BCUT2D eigenvalue weighted by molar-refractivity contribution is 7.99. The van der Waals surface area contributed by atoms with Gasteiger partial charge in [-0.25, -0.2) is 4.57 Å². The molecule has 0 radical (unpaired) electrons. The number of aliphatic hydroxyl groups is 1. The summed E-state index contributed by atoms with van der Waals surface area (Å²) in [5, 5.41) is 21.6. The minimum atomic E-state index is -1.32. The van der Waals surface area contributed by atoms with Crippen molar-refractivity contribution in [1.82, 2.24) is 4.90 Å². The fourth-order valence-electron chi connectivity index (χ4n) is 3.93. The van der Waals surface area contributed by atoms with Gasteiger partial charge in [0.2, 0.25) is 5.91 Å². The summed E-state index contributed by atoms with van der Waals surface area (Å²) in [6.45, 7) is 8.43. The van der Waals surface area contributed by atoms with Gasteiger partial charge in [0.15, 0.2) is 18.9 Å². The molecule has 2 aliphatic rings. The molecule has 1 aromatic heterocycles. The summed E-state index contributed by atoms with van der Waals surface area (Å²) < 4.78 is 2.07. The van der Waals surface area contributed by atoms with E-state index in [1.165, 1.54) is 10.5 Å². The minimum Gasteiger partial charge on any atom is -0.543 e. The van der Waals surface area contributed by atoms with E-state index in [4.69, 9.17) is 0 Å². The summed E-state index contributed by atoms with van der Waals surface area (Å²) in [5.41, 5.74) is 1.95. The molecule has 1 saturated heterocycles. The number of amides is 1. The van der Waals surface area contributed by atoms with Gasteiger partial charge in [-0.3, -0.25) is 4.79 Å². The van der Waals surface area contributed by atoms with Crippen LogP contribution < -0.4 is 9.67 Å². The predicted molar refractivity (Wildman–Crippen MR) is 104 cm³/mol. The van der Waals surface area contributed by atoms with Gasteiger partial charge < -0.3 is 19.9 Å². The van der Waals surface area contributed by atoms with Crippen molar-refractivity contribution in [3.63, 3.8) is 0 Å². The molecule has 0 saturated carbocycles. The number of aliphatic carboxylic acids is 1. The Labute approximate surface area is 169 Å². The number of rotatable bonds is 7. The van der Waals surface area contributed by atoms with Crippen molar-refractivity contribution in [2.24, 2.45) is 11.8 Å². The Morgan fingerprint density at radius 1 is 1.39 bits per heavy atom. The molecule has 3 rings (SSSR count). The van der Waals surface area contributed by atoms with Gasteiger partial charge in [0.25, 0.3) is 0 Å². The molecule has 28 heavy (non-hydrogen) atoms. The summed E-state index contributed by atoms with van der Waals surface area (Å²) in [4.78, 5) is 26.4. The number of carbonyl (C=O) groups excluding carboxylic acids is 2. The molecule has 1 N–H and O–H groups in total. The van der Waals surface area contributed by atoms with Gasteiger partial charge in [-0.2, -0.15) is 0 Å². The molecular formula is C21H26N2O4S. The molecule has 1 aromatic rings. The number of nitrogens with zero attached hydrogens (tertiary/aromatic N) is 2. The summed E-state index contributed by atoms with van der Waals surface area (Å²) in [6, 6.07) is 3.71. The van der Waals surface area contributed by atoms with Crippen molar-refractivity contribution < 1.29 is 24.4 Å². The number of hydrogen-bond donors (Lipinski definition) is 1. The van der Waals surface area contributed by atoms with Crippen LogP contribution in [0.5, 0.6) is 0 Å². The third-order valence-corrected chi connectivity index (χ3v) is 6.53. The molecule has 1 fully saturated rings. The number of fused-ring (bicyclic) bond motifs is 1. The zero-order valence-electron chi connectivity index (χ0n) is 16.6. The van der Waals surface area contributed by atoms with Crippen LogP contribution in [0.3, 0.4) is 0 Å². The van der Waals surface area contributed by atoms with E-state index in [1.807, 2.05) is 31.5 Å². The van der Waals surface area contributed by atoms with Crippen molar-refractivity contribution in [3.05, 3.63) is 47.4 Å². The van der Waals surface area contributed by atoms with Crippen molar-refractivity contribution in [1.29, 1.82) is 0 Å². The largest absolute Gasteiger partial charge is 0.543 e. The van der Waals surface area contributed by atoms with E-state index in [9.17, 15) is 19.8 Å². The predicted octanol–water partition coefficient (Wildman–Crippen LogP) is 0.894. The van der Waals surface area contributed by atoms with Gasteiger partial charge in [-0.05, 0) is 32.4 Å². The summed E-state index contributed by atoms with van der Waals surface area (Å²) in [6.07, 6.45) is 5.34. The summed E-state index contributed by atoms with van der Waals surface area (Å²) in [7, 11) is 0. The Bertz CT molecular complexity index is 840. The number of carboxylic acids is 1. The first-order valence-corrected chi connectivity index (χ1v) is 10.4. The lowest BCUT2D eigenvalue weighted by atomic mass is 9.78.